The molecule has 122 valence electrons. The first-order chi connectivity index (χ1) is 10.8. The summed E-state index contributed by atoms with van der Waals surface area (Å²) in [6.07, 6.45) is 1.46. The summed E-state index contributed by atoms with van der Waals surface area (Å²) >= 11 is 0. The van der Waals surface area contributed by atoms with Crippen molar-refractivity contribution in [3.8, 4) is 0 Å². The van der Waals surface area contributed by atoms with Crippen molar-refractivity contribution in [3.05, 3.63) is 35.9 Å². The number of hydrogen-bond acceptors (Lipinski definition) is 3. The number of carbonyl (C=O) groups excluding carboxylic acids is 1. The molecular formula is C17H24FNO3. The maximum absolute atomic E-state index is 12.5. The fraction of sp³-hybridized carbons (Fsp3) is 0.588. The molecule has 0 unspecified atom stereocenters. The first-order valence-corrected chi connectivity index (χ1v) is 7.76. The Morgan fingerprint density at radius 3 is 2.77 bits per heavy atom. The van der Waals surface area contributed by atoms with Crippen LogP contribution in [0.25, 0.3) is 0 Å². The third-order valence-corrected chi connectivity index (χ3v) is 4.02. The molecule has 0 spiro atoms. The van der Waals surface area contributed by atoms with Crippen molar-refractivity contribution in [3.63, 3.8) is 0 Å². The van der Waals surface area contributed by atoms with E-state index in [0.29, 0.717) is 19.8 Å². The quantitative estimate of drug-likeness (QED) is 0.691. The van der Waals surface area contributed by atoms with Crippen LogP contribution in [0.4, 0.5) is 4.39 Å². The Hall–Kier alpha value is -1.46. The van der Waals surface area contributed by atoms with E-state index < -0.39 is 6.67 Å². The second kappa shape index (κ2) is 8.86. The molecule has 0 N–H and O–H groups in total. The highest BCUT2D eigenvalue weighted by Gasteiger charge is 2.37. The molecule has 0 aromatic heterocycles. The summed E-state index contributed by atoms with van der Waals surface area (Å²) in [5, 5.41) is 0. The minimum absolute atomic E-state index is 0.0149. The van der Waals surface area contributed by atoms with Crippen LogP contribution in [0.2, 0.25) is 0 Å². The number of hydrogen-bond donors (Lipinski definition) is 0. The van der Waals surface area contributed by atoms with Crippen LogP contribution in [0.1, 0.15) is 18.4 Å². The average molecular weight is 309 g/mol. The van der Waals surface area contributed by atoms with E-state index in [1.165, 1.54) is 0 Å². The molecule has 1 heterocycles. The van der Waals surface area contributed by atoms with Crippen LogP contribution in [0.15, 0.2) is 30.3 Å². The Morgan fingerprint density at radius 2 is 2.09 bits per heavy atom. The zero-order chi connectivity index (χ0) is 15.8. The predicted octanol–water partition coefficient (Wildman–Crippen LogP) is 2.22. The standard InChI is InChI=1S/C17H24FNO3/c1-21-11-12-22-16-8-10-19(17(20)7-9-18)15(16)13-14-5-3-2-4-6-14/h2-6,15-16H,7-13H2,1H3/t15-,16+/m0/s1. The minimum Gasteiger partial charge on any atom is -0.382 e. The number of likely N-dealkylation sites (tertiary alicyclic amines) is 1. The van der Waals surface area contributed by atoms with E-state index >= 15 is 0 Å². The van der Waals surface area contributed by atoms with Crippen molar-refractivity contribution in [1.29, 1.82) is 0 Å². The number of carbonyl (C=O) groups is 1. The van der Waals surface area contributed by atoms with E-state index in [9.17, 15) is 9.18 Å². The van der Waals surface area contributed by atoms with E-state index in [1.807, 2.05) is 30.3 Å². The number of halogens is 1. The van der Waals surface area contributed by atoms with Crippen molar-refractivity contribution in [2.45, 2.75) is 31.4 Å². The van der Waals surface area contributed by atoms with Crippen molar-refractivity contribution >= 4 is 5.91 Å². The van der Waals surface area contributed by atoms with Gasteiger partial charge in [-0.3, -0.25) is 9.18 Å². The van der Waals surface area contributed by atoms with Crippen molar-refractivity contribution in [2.24, 2.45) is 0 Å². The van der Waals surface area contributed by atoms with E-state index in [1.54, 1.807) is 12.0 Å². The molecule has 22 heavy (non-hydrogen) atoms. The molecular weight excluding hydrogens is 285 g/mol. The zero-order valence-corrected chi connectivity index (χ0v) is 13.0. The fourth-order valence-electron chi connectivity index (χ4n) is 2.93. The van der Waals surface area contributed by atoms with Crippen LogP contribution in [0.3, 0.4) is 0 Å². The third-order valence-electron chi connectivity index (χ3n) is 4.02. The Labute approximate surface area is 131 Å². The van der Waals surface area contributed by atoms with Crippen LogP contribution in [-0.2, 0) is 20.7 Å². The lowest BCUT2D eigenvalue weighted by Crippen LogP contribution is -2.42. The van der Waals surface area contributed by atoms with Crippen LogP contribution in [-0.4, -0.2) is 56.5 Å². The molecule has 1 amide bonds. The first-order valence-electron chi connectivity index (χ1n) is 7.76. The molecule has 5 heteroatoms. The Morgan fingerprint density at radius 1 is 1.32 bits per heavy atom. The molecule has 0 radical (unpaired) electrons. The van der Waals surface area contributed by atoms with Crippen molar-refractivity contribution < 1.29 is 18.7 Å². The maximum atomic E-state index is 12.5. The molecule has 1 aliphatic rings. The molecule has 2 rings (SSSR count). The van der Waals surface area contributed by atoms with Crippen molar-refractivity contribution in [2.75, 3.05) is 33.5 Å². The van der Waals surface area contributed by atoms with Gasteiger partial charge in [-0.05, 0) is 18.4 Å². The first kappa shape index (κ1) is 16.9. The number of rotatable bonds is 8. The highest BCUT2D eigenvalue weighted by atomic mass is 19.1. The van der Waals surface area contributed by atoms with Crippen molar-refractivity contribution in [1.82, 2.24) is 4.90 Å². The topological polar surface area (TPSA) is 38.8 Å². The molecule has 1 aromatic rings. The maximum Gasteiger partial charge on any atom is 0.225 e. The highest BCUT2D eigenvalue weighted by molar-refractivity contribution is 5.77. The number of ether oxygens (including phenoxy) is 2. The summed E-state index contributed by atoms with van der Waals surface area (Å²) in [6, 6.07) is 10.00. The molecule has 1 fully saturated rings. The van der Waals surface area contributed by atoms with E-state index in [4.69, 9.17) is 9.47 Å². The molecule has 1 aromatic carbocycles. The summed E-state index contributed by atoms with van der Waals surface area (Å²) in [7, 11) is 1.64. The van der Waals surface area contributed by atoms with E-state index in [-0.39, 0.29) is 24.5 Å². The average Bonchev–Trinajstić information content (AvgIpc) is 2.92. The number of benzene rings is 1. The van der Waals surface area contributed by atoms with Gasteiger partial charge in [0, 0.05) is 13.7 Å². The molecule has 0 saturated carbocycles. The molecule has 4 nitrogen and oxygen atoms in total. The third kappa shape index (κ3) is 4.52. The molecule has 1 aliphatic heterocycles. The van der Waals surface area contributed by atoms with E-state index in [2.05, 4.69) is 0 Å². The lowest BCUT2D eigenvalue weighted by atomic mass is 10.0. The predicted molar refractivity (Wildman–Crippen MR) is 82.5 cm³/mol. The fourth-order valence-corrected chi connectivity index (χ4v) is 2.93. The normalized spacial score (nSPS) is 21.3. The van der Waals surface area contributed by atoms with Gasteiger partial charge < -0.3 is 14.4 Å². The van der Waals surface area contributed by atoms with Gasteiger partial charge in [-0.1, -0.05) is 30.3 Å². The number of methoxy groups -OCH3 is 1. The highest BCUT2D eigenvalue weighted by Crippen LogP contribution is 2.25. The summed E-state index contributed by atoms with van der Waals surface area (Å²) < 4.78 is 23.4. The number of alkyl halides is 1. The monoisotopic (exact) mass is 309 g/mol. The molecule has 0 bridgehead atoms. The molecule has 2 atom stereocenters. The van der Waals surface area contributed by atoms with Gasteiger partial charge in [-0.2, -0.15) is 0 Å². The Kier molecular flexibility index (Phi) is 6.80. The summed E-state index contributed by atoms with van der Waals surface area (Å²) in [5.41, 5.74) is 1.16. The summed E-state index contributed by atoms with van der Waals surface area (Å²) in [5.74, 6) is -0.124. The van der Waals surface area contributed by atoms with Gasteiger partial charge >= 0.3 is 0 Å². The Balaban J connectivity index is 2.05. The van der Waals surface area contributed by atoms with Crippen LogP contribution in [0, 0.1) is 0 Å². The zero-order valence-electron chi connectivity index (χ0n) is 13.0. The lowest BCUT2D eigenvalue weighted by molar-refractivity contribution is -0.133. The van der Waals surface area contributed by atoms with Crippen LogP contribution >= 0.6 is 0 Å². The summed E-state index contributed by atoms with van der Waals surface area (Å²) in [4.78, 5) is 13.9. The van der Waals surface area contributed by atoms with Gasteiger partial charge in [0.05, 0.1) is 38.5 Å². The van der Waals surface area contributed by atoms with Gasteiger partial charge in [0.15, 0.2) is 0 Å². The van der Waals surface area contributed by atoms with Crippen LogP contribution in [0.5, 0.6) is 0 Å². The molecule has 0 aliphatic carbocycles. The second-order valence-corrected chi connectivity index (χ2v) is 5.47. The van der Waals surface area contributed by atoms with E-state index in [0.717, 1.165) is 18.4 Å². The SMILES string of the molecule is COCCO[C@@H]1CCN(C(=O)CCF)[C@H]1Cc1ccccc1. The summed E-state index contributed by atoms with van der Waals surface area (Å²) in [6.45, 7) is 1.07. The Bertz CT molecular complexity index is 454. The van der Waals surface area contributed by atoms with Gasteiger partial charge in [-0.25, -0.2) is 0 Å². The minimum atomic E-state index is -0.609. The van der Waals surface area contributed by atoms with Gasteiger partial charge in [0.2, 0.25) is 5.91 Å². The smallest absolute Gasteiger partial charge is 0.225 e. The molecule has 1 saturated heterocycles. The lowest BCUT2D eigenvalue weighted by Gasteiger charge is -2.28. The second-order valence-electron chi connectivity index (χ2n) is 5.47. The largest absolute Gasteiger partial charge is 0.382 e. The van der Waals surface area contributed by atoms with Crippen LogP contribution < -0.4 is 0 Å². The number of amides is 1. The van der Waals surface area contributed by atoms with Gasteiger partial charge in [0.25, 0.3) is 0 Å². The van der Waals surface area contributed by atoms with Gasteiger partial charge in [-0.15, -0.1) is 0 Å². The number of nitrogens with zero attached hydrogens (tertiary/aromatic N) is 1. The van der Waals surface area contributed by atoms with Gasteiger partial charge in [0.1, 0.15) is 0 Å².